The summed E-state index contributed by atoms with van der Waals surface area (Å²) < 4.78 is 0. The Morgan fingerprint density at radius 2 is 1.83 bits per heavy atom. The minimum atomic E-state index is 0.721. The summed E-state index contributed by atoms with van der Waals surface area (Å²) in [5.41, 5.74) is 0.721. The molecule has 3 rings (SSSR count). The highest BCUT2D eigenvalue weighted by molar-refractivity contribution is 5.04. The Morgan fingerprint density at radius 3 is 2.44 bits per heavy atom. The summed E-state index contributed by atoms with van der Waals surface area (Å²) in [5, 5.41) is 3.80. The van der Waals surface area contributed by atoms with Gasteiger partial charge in [-0.2, -0.15) is 0 Å². The van der Waals surface area contributed by atoms with Crippen LogP contribution in [0.3, 0.4) is 0 Å². The molecule has 3 atom stereocenters. The van der Waals surface area contributed by atoms with Crippen molar-refractivity contribution >= 4 is 0 Å². The van der Waals surface area contributed by atoms with Gasteiger partial charge in [-0.3, -0.25) is 0 Å². The molecule has 0 aliphatic heterocycles. The van der Waals surface area contributed by atoms with E-state index in [1.165, 1.54) is 51.6 Å². The zero-order valence-corrected chi connectivity index (χ0v) is 12.2. The third kappa shape index (κ3) is 2.24. The van der Waals surface area contributed by atoms with Gasteiger partial charge in [0.15, 0.2) is 0 Å². The SMILES string of the molecule is CCCNCC1(C2CCCCC2)CC2CCC1C2. The van der Waals surface area contributed by atoms with Crippen molar-refractivity contribution in [3.8, 4) is 0 Å². The van der Waals surface area contributed by atoms with Crippen molar-refractivity contribution in [2.24, 2.45) is 23.2 Å². The molecule has 3 aliphatic rings. The molecule has 0 amide bonds. The van der Waals surface area contributed by atoms with Gasteiger partial charge in [-0.1, -0.05) is 32.6 Å². The molecule has 1 nitrogen and oxygen atoms in total. The third-order valence-electron chi connectivity index (χ3n) is 6.32. The van der Waals surface area contributed by atoms with E-state index in [9.17, 15) is 0 Å². The summed E-state index contributed by atoms with van der Waals surface area (Å²) in [5.74, 6) is 3.24. The van der Waals surface area contributed by atoms with E-state index in [0.29, 0.717) is 0 Å². The van der Waals surface area contributed by atoms with Crippen molar-refractivity contribution in [2.75, 3.05) is 13.1 Å². The fourth-order valence-electron chi connectivity index (χ4n) is 5.52. The van der Waals surface area contributed by atoms with Crippen molar-refractivity contribution in [1.82, 2.24) is 5.32 Å². The van der Waals surface area contributed by atoms with E-state index in [2.05, 4.69) is 12.2 Å². The molecule has 0 aromatic rings. The van der Waals surface area contributed by atoms with Crippen LogP contribution in [-0.2, 0) is 0 Å². The van der Waals surface area contributed by atoms with Crippen molar-refractivity contribution < 1.29 is 0 Å². The summed E-state index contributed by atoms with van der Waals surface area (Å²) in [4.78, 5) is 0. The smallest absolute Gasteiger partial charge is 0.00132 e. The molecule has 104 valence electrons. The number of hydrogen-bond donors (Lipinski definition) is 1. The van der Waals surface area contributed by atoms with Crippen LogP contribution in [0.15, 0.2) is 0 Å². The number of nitrogens with one attached hydrogen (secondary N) is 1. The normalized spacial score (nSPS) is 40.5. The summed E-state index contributed by atoms with van der Waals surface area (Å²) in [7, 11) is 0. The van der Waals surface area contributed by atoms with E-state index in [0.717, 1.165) is 23.2 Å². The van der Waals surface area contributed by atoms with Crippen molar-refractivity contribution in [3.05, 3.63) is 0 Å². The Labute approximate surface area is 113 Å². The molecule has 0 heterocycles. The van der Waals surface area contributed by atoms with E-state index >= 15 is 0 Å². The molecule has 3 saturated carbocycles. The lowest BCUT2D eigenvalue weighted by Gasteiger charge is -2.46. The Kier molecular flexibility index (Phi) is 3.98. The van der Waals surface area contributed by atoms with Gasteiger partial charge in [0.1, 0.15) is 0 Å². The second-order valence-corrected chi connectivity index (χ2v) is 7.32. The van der Waals surface area contributed by atoms with Gasteiger partial charge >= 0.3 is 0 Å². The molecule has 3 unspecified atom stereocenters. The fourth-order valence-corrected chi connectivity index (χ4v) is 5.52. The largest absolute Gasteiger partial charge is 0.316 e. The van der Waals surface area contributed by atoms with Crippen molar-refractivity contribution in [2.45, 2.75) is 71.1 Å². The molecule has 1 heteroatoms. The van der Waals surface area contributed by atoms with E-state index in [1.54, 1.807) is 25.7 Å². The van der Waals surface area contributed by atoms with Crippen LogP contribution in [0.5, 0.6) is 0 Å². The summed E-state index contributed by atoms with van der Waals surface area (Å²) in [6, 6.07) is 0. The molecule has 3 aliphatic carbocycles. The average molecular weight is 249 g/mol. The zero-order chi connectivity index (χ0) is 12.4. The first-order valence-corrected chi connectivity index (χ1v) is 8.56. The number of hydrogen-bond acceptors (Lipinski definition) is 1. The lowest BCUT2D eigenvalue weighted by molar-refractivity contribution is 0.0480. The Morgan fingerprint density at radius 1 is 1.00 bits per heavy atom. The Bertz CT molecular complexity index is 269. The van der Waals surface area contributed by atoms with Crippen LogP contribution in [0.2, 0.25) is 0 Å². The van der Waals surface area contributed by atoms with Crippen LogP contribution in [0.25, 0.3) is 0 Å². The molecule has 0 aromatic carbocycles. The molecular formula is C17H31N. The van der Waals surface area contributed by atoms with E-state index < -0.39 is 0 Å². The summed E-state index contributed by atoms with van der Waals surface area (Å²) in [6.07, 6.45) is 15.1. The van der Waals surface area contributed by atoms with Gasteiger partial charge in [0, 0.05) is 6.54 Å². The van der Waals surface area contributed by atoms with Crippen molar-refractivity contribution in [3.63, 3.8) is 0 Å². The highest BCUT2D eigenvalue weighted by Crippen LogP contribution is 2.61. The lowest BCUT2D eigenvalue weighted by Crippen LogP contribution is -2.45. The highest BCUT2D eigenvalue weighted by Gasteiger charge is 2.53. The van der Waals surface area contributed by atoms with Crippen LogP contribution < -0.4 is 5.32 Å². The van der Waals surface area contributed by atoms with E-state index in [4.69, 9.17) is 0 Å². The van der Waals surface area contributed by atoms with Gasteiger partial charge in [0.25, 0.3) is 0 Å². The second kappa shape index (κ2) is 5.53. The highest BCUT2D eigenvalue weighted by atomic mass is 14.9. The van der Waals surface area contributed by atoms with Crippen LogP contribution >= 0.6 is 0 Å². The minimum absolute atomic E-state index is 0.721. The molecule has 0 aromatic heterocycles. The number of rotatable bonds is 5. The Hall–Kier alpha value is -0.0400. The van der Waals surface area contributed by atoms with Gasteiger partial charge < -0.3 is 5.32 Å². The van der Waals surface area contributed by atoms with Gasteiger partial charge in [0.05, 0.1) is 0 Å². The first-order valence-electron chi connectivity index (χ1n) is 8.56. The molecule has 3 fully saturated rings. The molecule has 0 radical (unpaired) electrons. The first kappa shape index (κ1) is 13.0. The van der Waals surface area contributed by atoms with Crippen LogP contribution in [-0.4, -0.2) is 13.1 Å². The monoisotopic (exact) mass is 249 g/mol. The van der Waals surface area contributed by atoms with Gasteiger partial charge in [0.2, 0.25) is 0 Å². The summed E-state index contributed by atoms with van der Waals surface area (Å²) in [6.45, 7) is 4.86. The van der Waals surface area contributed by atoms with Gasteiger partial charge in [-0.05, 0) is 68.2 Å². The van der Waals surface area contributed by atoms with Crippen LogP contribution in [0, 0.1) is 23.2 Å². The Balaban J connectivity index is 1.70. The topological polar surface area (TPSA) is 12.0 Å². The van der Waals surface area contributed by atoms with Crippen molar-refractivity contribution in [1.29, 1.82) is 0 Å². The molecule has 0 spiro atoms. The minimum Gasteiger partial charge on any atom is -0.316 e. The average Bonchev–Trinajstić information content (AvgIpc) is 3.01. The standard InChI is InChI=1S/C17H31N/c1-2-10-18-13-17(15-6-4-3-5-7-15)12-14-8-9-16(17)11-14/h14-16,18H,2-13H2,1H3. The van der Waals surface area contributed by atoms with Gasteiger partial charge in [-0.15, -0.1) is 0 Å². The zero-order valence-electron chi connectivity index (χ0n) is 12.2. The molecule has 18 heavy (non-hydrogen) atoms. The van der Waals surface area contributed by atoms with Crippen LogP contribution in [0.4, 0.5) is 0 Å². The maximum Gasteiger partial charge on any atom is 0.00132 e. The molecule has 2 bridgehead atoms. The lowest BCUT2D eigenvalue weighted by atomic mass is 9.61. The number of fused-ring (bicyclic) bond motifs is 2. The van der Waals surface area contributed by atoms with Gasteiger partial charge in [-0.25, -0.2) is 0 Å². The molecule has 1 N–H and O–H groups in total. The fraction of sp³-hybridized carbons (Fsp3) is 1.00. The van der Waals surface area contributed by atoms with E-state index in [1.807, 2.05) is 0 Å². The van der Waals surface area contributed by atoms with Crippen LogP contribution in [0.1, 0.15) is 71.1 Å². The predicted molar refractivity (Wildman–Crippen MR) is 77.6 cm³/mol. The maximum absolute atomic E-state index is 3.80. The first-order chi connectivity index (χ1) is 8.85. The molecular weight excluding hydrogens is 218 g/mol. The molecule has 0 saturated heterocycles. The quantitative estimate of drug-likeness (QED) is 0.713. The third-order valence-corrected chi connectivity index (χ3v) is 6.32. The van der Waals surface area contributed by atoms with E-state index in [-0.39, 0.29) is 0 Å². The summed E-state index contributed by atoms with van der Waals surface area (Å²) >= 11 is 0. The second-order valence-electron chi connectivity index (χ2n) is 7.32. The predicted octanol–water partition coefficient (Wildman–Crippen LogP) is 4.37. The maximum atomic E-state index is 3.80.